The average molecular weight is 426 g/mol. The summed E-state index contributed by atoms with van der Waals surface area (Å²) in [5.41, 5.74) is -0.797. The van der Waals surface area contributed by atoms with Crippen molar-refractivity contribution in [2.75, 3.05) is 19.7 Å². The molecule has 164 valence electrons. The number of ether oxygens (including phenoxy) is 1. The van der Waals surface area contributed by atoms with Crippen LogP contribution < -0.4 is 15.4 Å². The van der Waals surface area contributed by atoms with Crippen LogP contribution in [-0.4, -0.2) is 57.7 Å². The fourth-order valence-corrected chi connectivity index (χ4v) is 3.07. The number of alkyl halides is 3. The minimum Gasteiger partial charge on any atom is -0.491 e. The minimum atomic E-state index is -4.44. The van der Waals surface area contributed by atoms with Crippen molar-refractivity contribution in [1.82, 2.24) is 25.4 Å². The van der Waals surface area contributed by atoms with Gasteiger partial charge in [-0.25, -0.2) is 9.67 Å². The summed E-state index contributed by atoms with van der Waals surface area (Å²) in [7, 11) is 0. The topological polar surface area (TPSA) is 96.6 Å². The molecule has 0 bridgehead atoms. The van der Waals surface area contributed by atoms with Gasteiger partial charge in [-0.15, -0.1) is 0 Å². The van der Waals surface area contributed by atoms with Gasteiger partial charge in [-0.1, -0.05) is 6.07 Å². The number of nitrogens with zero attached hydrogens (tertiary/aromatic N) is 4. The number of fused-ring (bicyclic) bond motifs is 1. The van der Waals surface area contributed by atoms with Crippen molar-refractivity contribution < 1.29 is 23.0 Å². The molecule has 0 saturated heterocycles. The zero-order chi connectivity index (χ0) is 21.6. The Balaban J connectivity index is 1.51. The molecule has 3 rings (SSSR count). The van der Waals surface area contributed by atoms with Gasteiger partial charge in [0.15, 0.2) is 5.96 Å². The zero-order valence-electron chi connectivity index (χ0n) is 16.6. The highest BCUT2D eigenvalue weighted by atomic mass is 19.4. The molecule has 1 aliphatic rings. The number of nitrogens with one attached hydrogen (secondary N) is 2. The third-order valence-corrected chi connectivity index (χ3v) is 4.55. The largest absolute Gasteiger partial charge is 0.491 e. The van der Waals surface area contributed by atoms with Gasteiger partial charge in [-0.05, 0) is 31.5 Å². The predicted octanol–water partition coefficient (Wildman–Crippen LogP) is 1.61. The molecule has 1 aromatic carbocycles. The molecule has 11 heteroatoms. The van der Waals surface area contributed by atoms with Crippen molar-refractivity contribution in [3.8, 4) is 5.75 Å². The molecule has 1 aromatic heterocycles. The first-order chi connectivity index (χ1) is 14.3. The average Bonchev–Trinajstić information content (AvgIpc) is 3.18. The molecule has 0 amide bonds. The van der Waals surface area contributed by atoms with Crippen molar-refractivity contribution in [1.29, 1.82) is 0 Å². The summed E-state index contributed by atoms with van der Waals surface area (Å²) in [6, 6.07) is 4.67. The van der Waals surface area contributed by atoms with Crippen LogP contribution in [0.25, 0.3) is 0 Å². The van der Waals surface area contributed by atoms with Crippen molar-refractivity contribution >= 4 is 5.96 Å². The summed E-state index contributed by atoms with van der Waals surface area (Å²) < 4.78 is 45.4. The second-order valence-corrected chi connectivity index (χ2v) is 6.95. The van der Waals surface area contributed by atoms with Crippen LogP contribution in [0.15, 0.2) is 35.6 Å². The Bertz CT molecular complexity index is 855. The zero-order valence-corrected chi connectivity index (χ0v) is 16.6. The molecule has 0 radical (unpaired) electrons. The third-order valence-electron chi connectivity index (χ3n) is 4.55. The highest BCUT2D eigenvalue weighted by molar-refractivity contribution is 5.80. The van der Waals surface area contributed by atoms with Crippen LogP contribution in [0.2, 0.25) is 0 Å². The number of aryl methyl sites for hydroxylation is 1. The van der Waals surface area contributed by atoms with E-state index in [4.69, 9.17) is 4.74 Å². The Morgan fingerprint density at radius 3 is 3.03 bits per heavy atom. The summed E-state index contributed by atoms with van der Waals surface area (Å²) in [4.78, 5) is 8.56. The van der Waals surface area contributed by atoms with E-state index in [1.807, 2.05) is 11.6 Å². The highest BCUT2D eigenvalue weighted by Gasteiger charge is 2.30. The van der Waals surface area contributed by atoms with Crippen LogP contribution in [0.3, 0.4) is 0 Å². The number of aliphatic hydroxyl groups is 1. The summed E-state index contributed by atoms with van der Waals surface area (Å²) in [5.74, 6) is 1.55. The molecule has 1 aliphatic heterocycles. The number of aliphatic hydroxyl groups excluding tert-OH is 1. The van der Waals surface area contributed by atoms with Crippen LogP contribution in [0.1, 0.15) is 24.7 Å². The Morgan fingerprint density at radius 1 is 1.43 bits per heavy atom. The number of guanidine groups is 1. The van der Waals surface area contributed by atoms with Gasteiger partial charge in [0.05, 0.1) is 18.7 Å². The van der Waals surface area contributed by atoms with Gasteiger partial charge in [0, 0.05) is 19.0 Å². The minimum absolute atomic E-state index is 0.0373. The molecule has 2 unspecified atom stereocenters. The number of rotatable bonds is 7. The maximum Gasteiger partial charge on any atom is 0.416 e. The van der Waals surface area contributed by atoms with Crippen molar-refractivity contribution in [2.45, 2.75) is 44.6 Å². The van der Waals surface area contributed by atoms with Gasteiger partial charge in [0.25, 0.3) is 0 Å². The van der Waals surface area contributed by atoms with E-state index < -0.39 is 17.8 Å². The van der Waals surface area contributed by atoms with E-state index in [9.17, 15) is 18.3 Å². The lowest BCUT2D eigenvalue weighted by molar-refractivity contribution is -0.137. The lowest BCUT2D eigenvalue weighted by Gasteiger charge is -2.25. The lowest BCUT2D eigenvalue weighted by Crippen LogP contribution is -2.47. The summed E-state index contributed by atoms with van der Waals surface area (Å²) >= 11 is 0. The van der Waals surface area contributed by atoms with Crippen LogP contribution in [-0.2, 0) is 19.1 Å². The summed E-state index contributed by atoms with van der Waals surface area (Å²) in [6.45, 7) is 3.11. The molecule has 8 nitrogen and oxygen atoms in total. The van der Waals surface area contributed by atoms with Gasteiger partial charge in [-0.3, -0.25) is 4.99 Å². The van der Waals surface area contributed by atoms with E-state index in [0.717, 1.165) is 30.8 Å². The fraction of sp³-hybridized carbons (Fsp3) is 0.526. The van der Waals surface area contributed by atoms with Gasteiger partial charge < -0.3 is 20.5 Å². The fourth-order valence-electron chi connectivity index (χ4n) is 3.07. The summed E-state index contributed by atoms with van der Waals surface area (Å²) in [5, 5.41) is 20.8. The van der Waals surface area contributed by atoms with Crippen LogP contribution in [0.4, 0.5) is 13.2 Å². The highest BCUT2D eigenvalue weighted by Crippen LogP contribution is 2.31. The Morgan fingerprint density at radius 2 is 2.27 bits per heavy atom. The van der Waals surface area contributed by atoms with Gasteiger partial charge in [-0.2, -0.15) is 18.3 Å². The monoisotopic (exact) mass is 426 g/mol. The summed E-state index contributed by atoms with van der Waals surface area (Å²) in [6.07, 6.45) is -2.18. The van der Waals surface area contributed by atoms with Crippen molar-refractivity contribution in [3.63, 3.8) is 0 Å². The van der Waals surface area contributed by atoms with E-state index in [1.165, 1.54) is 18.5 Å². The molecule has 30 heavy (non-hydrogen) atoms. The number of benzene rings is 1. The van der Waals surface area contributed by atoms with Crippen molar-refractivity contribution in [3.05, 3.63) is 42.0 Å². The van der Waals surface area contributed by atoms with Crippen LogP contribution in [0, 0.1) is 0 Å². The number of aliphatic imine (C=N–C) groups is 1. The Labute approximate surface area is 172 Å². The number of hydrogen-bond donors (Lipinski definition) is 3. The first kappa shape index (κ1) is 21.9. The quantitative estimate of drug-likeness (QED) is 0.460. The standard InChI is InChI=1S/C19H25F3N6O2/c1-2-23-18(27-14-6-7-17-25-12-26-28(17)10-14)24-9-15(29)11-30-16-5-3-4-13(8-16)19(20,21)22/h3-5,8,12,14-15,29H,2,6-7,9-11H2,1H3,(H2,23,24,27). The second-order valence-electron chi connectivity index (χ2n) is 6.95. The normalized spacial score (nSPS) is 17.9. The molecule has 2 atom stereocenters. The smallest absolute Gasteiger partial charge is 0.416 e. The molecule has 2 aromatic rings. The first-order valence-electron chi connectivity index (χ1n) is 9.74. The van der Waals surface area contributed by atoms with Crippen LogP contribution >= 0.6 is 0 Å². The molecule has 3 N–H and O–H groups in total. The van der Waals surface area contributed by atoms with Crippen LogP contribution in [0.5, 0.6) is 5.75 Å². The van der Waals surface area contributed by atoms with E-state index in [0.29, 0.717) is 19.0 Å². The SMILES string of the molecule is CCNC(=NCC(O)COc1cccc(C(F)(F)F)c1)NC1CCc2ncnn2C1. The van der Waals surface area contributed by atoms with E-state index in [2.05, 4.69) is 25.7 Å². The van der Waals surface area contributed by atoms with Gasteiger partial charge in [0.1, 0.15) is 30.6 Å². The van der Waals surface area contributed by atoms with E-state index in [1.54, 1.807) is 0 Å². The Hall–Kier alpha value is -2.82. The first-order valence-corrected chi connectivity index (χ1v) is 9.74. The van der Waals surface area contributed by atoms with Gasteiger partial charge >= 0.3 is 6.18 Å². The molecular weight excluding hydrogens is 401 g/mol. The molecular formula is C19H25F3N6O2. The molecule has 2 heterocycles. The molecule has 0 fully saturated rings. The number of hydrogen-bond acceptors (Lipinski definition) is 5. The maximum absolute atomic E-state index is 12.8. The molecule has 0 spiro atoms. The number of halogens is 3. The second kappa shape index (κ2) is 9.79. The van der Waals surface area contributed by atoms with Crippen molar-refractivity contribution in [2.24, 2.45) is 4.99 Å². The third kappa shape index (κ3) is 6.09. The maximum atomic E-state index is 12.8. The Kier molecular flexibility index (Phi) is 7.14. The molecule has 0 saturated carbocycles. The number of aromatic nitrogens is 3. The predicted molar refractivity (Wildman–Crippen MR) is 104 cm³/mol. The lowest BCUT2D eigenvalue weighted by atomic mass is 10.1. The van der Waals surface area contributed by atoms with E-state index in [-0.39, 0.29) is 24.9 Å². The van der Waals surface area contributed by atoms with Gasteiger partial charge in [0.2, 0.25) is 0 Å². The van der Waals surface area contributed by atoms with E-state index >= 15 is 0 Å². The molecule has 0 aliphatic carbocycles.